The van der Waals surface area contributed by atoms with Gasteiger partial charge in [-0.2, -0.15) is 0 Å². The van der Waals surface area contributed by atoms with Crippen LogP contribution in [0, 0.1) is 0 Å². The van der Waals surface area contributed by atoms with Gasteiger partial charge in [0.1, 0.15) is 5.75 Å². The lowest BCUT2D eigenvalue weighted by molar-refractivity contribution is 0.205. The molecule has 7 nitrogen and oxygen atoms in total. The molecule has 0 fully saturated rings. The number of methoxy groups -OCH3 is 1. The monoisotopic (exact) mass is 334 g/mol. The van der Waals surface area contributed by atoms with Crippen molar-refractivity contribution in [1.29, 1.82) is 0 Å². The molecule has 1 aliphatic rings. The van der Waals surface area contributed by atoms with Crippen molar-refractivity contribution in [3.05, 3.63) is 51.2 Å². The van der Waals surface area contributed by atoms with Crippen LogP contribution in [0.25, 0.3) is 0 Å². The van der Waals surface area contributed by atoms with Crippen LogP contribution in [-0.2, 0) is 13.0 Å². The predicted molar refractivity (Wildman–Crippen MR) is 86.0 cm³/mol. The Morgan fingerprint density at radius 3 is 3.04 bits per heavy atom. The molecule has 0 spiro atoms. The molecule has 2 N–H and O–H groups in total. The van der Waals surface area contributed by atoms with E-state index < -0.39 is 0 Å². The number of aromatic amines is 1. The van der Waals surface area contributed by atoms with Gasteiger partial charge in [-0.3, -0.25) is 4.79 Å². The van der Waals surface area contributed by atoms with Gasteiger partial charge in [-0.1, -0.05) is 11.6 Å². The molecule has 2 aromatic rings. The molecule has 0 saturated heterocycles. The number of nitrogens with zero attached hydrogens (tertiary/aromatic N) is 2. The van der Waals surface area contributed by atoms with Gasteiger partial charge >= 0.3 is 6.03 Å². The predicted octanol–water partition coefficient (Wildman–Crippen LogP) is 2.02. The molecule has 0 saturated carbocycles. The molecule has 0 unspecified atom stereocenters. The topological polar surface area (TPSA) is 87.3 Å². The summed E-state index contributed by atoms with van der Waals surface area (Å²) < 4.78 is 5.08. The van der Waals surface area contributed by atoms with Crippen LogP contribution < -0.4 is 15.6 Å². The van der Waals surface area contributed by atoms with Crippen molar-refractivity contribution in [2.45, 2.75) is 13.0 Å². The van der Waals surface area contributed by atoms with Gasteiger partial charge in [0.15, 0.2) is 0 Å². The molecule has 120 valence electrons. The number of halogens is 1. The number of urea groups is 1. The van der Waals surface area contributed by atoms with E-state index in [2.05, 4.69) is 15.3 Å². The zero-order chi connectivity index (χ0) is 16.4. The summed E-state index contributed by atoms with van der Waals surface area (Å²) in [7, 11) is 1.53. The number of rotatable bonds is 2. The van der Waals surface area contributed by atoms with Crippen LogP contribution in [0.1, 0.15) is 11.3 Å². The van der Waals surface area contributed by atoms with Gasteiger partial charge in [0, 0.05) is 17.8 Å². The molecule has 0 atom stereocenters. The summed E-state index contributed by atoms with van der Waals surface area (Å²) in [6.45, 7) is 0.756. The van der Waals surface area contributed by atoms with E-state index in [0.717, 1.165) is 0 Å². The molecule has 1 aliphatic heterocycles. The van der Waals surface area contributed by atoms with E-state index in [9.17, 15) is 9.59 Å². The summed E-state index contributed by atoms with van der Waals surface area (Å²) in [5.41, 5.74) is 1.70. The number of fused-ring (bicyclic) bond motifs is 1. The quantitative estimate of drug-likeness (QED) is 0.879. The zero-order valence-electron chi connectivity index (χ0n) is 12.4. The summed E-state index contributed by atoms with van der Waals surface area (Å²) in [6.07, 6.45) is 1.83. The Kier molecular flexibility index (Phi) is 4.20. The van der Waals surface area contributed by atoms with Crippen molar-refractivity contribution in [2.75, 3.05) is 19.0 Å². The Morgan fingerprint density at radius 2 is 2.30 bits per heavy atom. The first-order chi connectivity index (χ1) is 11.1. The van der Waals surface area contributed by atoms with Crippen LogP contribution in [-0.4, -0.2) is 34.6 Å². The van der Waals surface area contributed by atoms with Crippen molar-refractivity contribution in [1.82, 2.24) is 14.9 Å². The maximum Gasteiger partial charge on any atom is 0.322 e. The van der Waals surface area contributed by atoms with Gasteiger partial charge < -0.3 is 19.9 Å². The van der Waals surface area contributed by atoms with Gasteiger partial charge in [0.05, 0.1) is 30.7 Å². The number of ether oxygens (including phenoxy) is 1. The van der Waals surface area contributed by atoms with Crippen molar-refractivity contribution in [3.63, 3.8) is 0 Å². The molecular weight excluding hydrogens is 320 g/mol. The lowest BCUT2D eigenvalue weighted by Crippen LogP contribution is -2.41. The molecule has 1 aromatic heterocycles. The summed E-state index contributed by atoms with van der Waals surface area (Å²) in [6, 6.07) is 4.76. The number of anilines is 1. The van der Waals surface area contributed by atoms with Crippen molar-refractivity contribution in [3.8, 4) is 5.75 Å². The smallest absolute Gasteiger partial charge is 0.322 e. The first-order valence-electron chi connectivity index (χ1n) is 7.03. The third kappa shape index (κ3) is 3.14. The van der Waals surface area contributed by atoms with E-state index in [1.165, 1.54) is 13.4 Å². The third-order valence-corrected chi connectivity index (χ3v) is 4.00. The highest BCUT2D eigenvalue weighted by molar-refractivity contribution is 6.32. The molecule has 0 aliphatic carbocycles. The van der Waals surface area contributed by atoms with E-state index >= 15 is 0 Å². The third-order valence-electron chi connectivity index (χ3n) is 3.70. The number of benzene rings is 1. The Morgan fingerprint density at radius 1 is 1.48 bits per heavy atom. The highest BCUT2D eigenvalue weighted by Crippen LogP contribution is 2.27. The van der Waals surface area contributed by atoms with Crippen molar-refractivity contribution >= 4 is 23.3 Å². The lowest BCUT2D eigenvalue weighted by atomic mass is 10.1. The number of aromatic nitrogens is 2. The van der Waals surface area contributed by atoms with E-state index in [-0.39, 0.29) is 11.6 Å². The number of amides is 2. The van der Waals surface area contributed by atoms with E-state index in [1.807, 2.05) is 0 Å². The minimum atomic E-state index is -0.265. The van der Waals surface area contributed by atoms with E-state index in [1.54, 1.807) is 23.1 Å². The number of hydrogen-bond acceptors (Lipinski definition) is 4. The maximum atomic E-state index is 12.4. The second kappa shape index (κ2) is 6.29. The fourth-order valence-electron chi connectivity index (χ4n) is 2.49. The Bertz CT molecular complexity index is 806. The number of carbonyl (C=O) groups excluding carboxylic acids is 1. The molecule has 2 heterocycles. The van der Waals surface area contributed by atoms with Gasteiger partial charge in [-0.15, -0.1) is 0 Å². The van der Waals surface area contributed by atoms with Crippen LogP contribution in [0.5, 0.6) is 5.75 Å². The first-order valence-corrected chi connectivity index (χ1v) is 7.41. The molecule has 0 radical (unpaired) electrons. The largest absolute Gasteiger partial charge is 0.495 e. The van der Waals surface area contributed by atoms with Crippen molar-refractivity contribution in [2.24, 2.45) is 0 Å². The number of carbonyl (C=O) groups is 1. The average molecular weight is 335 g/mol. The standard InChI is InChI=1S/C15H15ClN4O3/c1-23-13-3-2-9(6-11(13)16)19-15(22)20-5-4-10-12(7-20)17-8-18-14(10)21/h2-3,6,8H,4-5,7H2,1H3,(H,19,22)(H,17,18,21). The van der Waals surface area contributed by atoms with Crippen LogP contribution in [0.4, 0.5) is 10.5 Å². The molecule has 2 amide bonds. The number of hydrogen-bond donors (Lipinski definition) is 2. The van der Waals surface area contributed by atoms with Crippen LogP contribution in [0.2, 0.25) is 5.02 Å². The van der Waals surface area contributed by atoms with E-state index in [0.29, 0.717) is 47.2 Å². The van der Waals surface area contributed by atoms with Gasteiger partial charge in [0.2, 0.25) is 0 Å². The van der Waals surface area contributed by atoms with Gasteiger partial charge in [0.25, 0.3) is 5.56 Å². The summed E-state index contributed by atoms with van der Waals surface area (Å²) >= 11 is 6.05. The average Bonchev–Trinajstić information content (AvgIpc) is 2.55. The fourth-order valence-corrected chi connectivity index (χ4v) is 2.74. The van der Waals surface area contributed by atoms with Crippen LogP contribution >= 0.6 is 11.6 Å². The summed E-state index contributed by atoms with van der Waals surface area (Å²) in [5.74, 6) is 0.542. The lowest BCUT2D eigenvalue weighted by Gasteiger charge is -2.27. The first kappa shape index (κ1) is 15.4. The molecule has 23 heavy (non-hydrogen) atoms. The fraction of sp³-hybridized carbons (Fsp3) is 0.267. The van der Waals surface area contributed by atoms with Gasteiger partial charge in [-0.25, -0.2) is 9.78 Å². The highest BCUT2D eigenvalue weighted by Gasteiger charge is 2.23. The summed E-state index contributed by atoms with van der Waals surface area (Å²) in [4.78, 5) is 32.3. The van der Waals surface area contributed by atoms with E-state index in [4.69, 9.17) is 16.3 Å². The molecule has 0 bridgehead atoms. The minimum absolute atomic E-state index is 0.142. The Labute approximate surface area is 137 Å². The Hall–Kier alpha value is -2.54. The zero-order valence-corrected chi connectivity index (χ0v) is 13.2. The number of H-pyrrole nitrogens is 1. The molecule has 1 aromatic carbocycles. The van der Waals surface area contributed by atoms with Crippen LogP contribution in [0.3, 0.4) is 0 Å². The highest BCUT2D eigenvalue weighted by atomic mass is 35.5. The Balaban J connectivity index is 1.72. The van der Waals surface area contributed by atoms with Crippen molar-refractivity contribution < 1.29 is 9.53 Å². The van der Waals surface area contributed by atoms with Crippen LogP contribution in [0.15, 0.2) is 29.3 Å². The maximum absolute atomic E-state index is 12.4. The molecular formula is C15H15ClN4O3. The molecule has 3 rings (SSSR count). The van der Waals surface area contributed by atoms with Gasteiger partial charge in [-0.05, 0) is 24.6 Å². The second-order valence-electron chi connectivity index (χ2n) is 5.11. The summed E-state index contributed by atoms with van der Waals surface area (Å²) in [5, 5.41) is 3.20. The number of nitrogens with one attached hydrogen (secondary N) is 2. The molecule has 8 heteroatoms. The second-order valence-corrected chi connectivity index (χ2v) is 5.52. The minimum Gasteiger partial charge on any atom is -0.495 e. The normalized spacial score (nSPS) is 13.4. The SMILES string of the molecule is COc1ccc(NC(=O)N2CCc3c(nc[nH]c3=O)C2)cc1Cl.